The van der Waals surface area contributed by atoms with Crippen molar-refractivity contribution in [3.63, 3.8) is 0 Å². The number of esters is 2. The van der Waals surface area contributed by atoms with Crippen LogP contribution in [0.5, 0.6) is 0 Å². The van der Waals surface area contributed by atoms with Crippen molar-refractivity contribution in [3.8, 4) is 0 Å². The Morgan fingerprint density at radius 1 is 1.21 bits per heavy atom. The van der Waals surface area contributed by atoms with E-state index < -0.39 is 0 Å². The normalized spacial score (nSPS) is 6.57. The number of hydrogen-bond donors (Lipinski definition) is 0. The molecule has 0 aliphatic rings. The van der Waals surface area contributed by atoms with Gasteiger partial charge in [0.1, 0.15) is 4.61 Å². The van der Waals surface area contributed by atoms with Gasteiger partial charge in [0.2, 0.25) is 0 Å². The summed E-state index contributed by atoms with van der Waals surface area (Å²) in [7, 11) is 0. The molecule has 0 aromatic carbocycles. The first-order valence-electron chi connectivity index (χ1n) is 2.93. The van der Waals surface area contributed by atoms with E-state index in [-0.39, 0.29) is 71.5 Å². The second kappa shape index (κ2) is 20.1. The molecule has 0 atom stereocenters. The van der Waals surface area contributed by atoms with Gasteiger partial charge in [0.05, 0.1) is 0 Å². The average Bonchev–Trinajstić information content (AvgIpc) is 1.87. The van der Waals surface area contributed by atoms with Gasteiger partial charge >= 0.3 is 41.5 Å². The standard InChI is InChI=1S/C3H5ClO2.C3H5IO2.HI.Na/c2*1-3(5)6-2-4;;/h2*2H2,1H3;1H;/q;;;+1/p-1. The maximum Gasteiger partial charge on any atom is 1.00 e. The molecule has 0 aromatic heterocycles. The maximum atomic E-state index is 9.82. The smallest absolute Gasteiger partial charge is 1.00 e. The van der Waals surface area contributed by atoms with E-state index in [0.29, 0.717) is 4.61 Å². The topological polar surface area (TPSA) is 52.6 Å². The summed E-state index contributed by atoms with van der Waals surface area (Å²) in [5.74, 6) is -0.561. The minimum absolute atomic E-state index is 0. The van der Waals surface area contributed by atoms with Gasteiger partial charge in [0.15, 0.2) is 6.07 Å². The van der Waals surface area contributed by atoms with Crippen LogP contribution in [0.1, 0.15) is 13.8 Å². The van der Waals surface area contributed by atoms with E-state index in [2.05, 4.69) is 9.47 Å². The summed E-state index contributed by atoms with van der Waals surface area (Å²) in [6.45, 7) is 2.70. The first kappa shape index (κ1) is 24.8. The van der Waals surface area contributed by atoms with Gasteiger partial charge in [0.25, 0.3) is 0 Å². The second-order valence-electron chi connectivity index (χ2n) is 1.49. The van der Waals surface area contributed by atoms with Crippen LogP contribution in [0.15, 0.2) is 0 Å². The molecule has 0 spiro atoms. The third-order valence-corrected chi connectivity index (χ3v) is 0.936. The van der Waals surface area contributed by atoms with E-state index in [9.17, 15) is 9.59 Å². The molecule has 14 heavy (non-hydrogen) atoms. The number of halogens is 3. The van der Waals surface area contributed by atoms with Gasteiger partial charge in [-0.15, -0.1) is 0 Å². The van der Waals surface area contributed by atoms with Crippen LogP contribution in [-0.4, -0.2) is 22.6 Å². The van der Waals surface area contributed by atoms with Gasteiger partial charge in [-0.3, -0.25) is 9.59 Å². The van der Waals surface area contributed by atoms with Gasteiger partial charge in [-0.2, -0.15) is 0 Å². The molecule has 0 amide bonds. The second-order valence-corrected chi connectivity index (χ2v) is 2.33. The van der Waals surface area contributed by atoms with E-state index in [0.717, 1.165) is 0 Å². The summed E-state index contributed by atoms with van der Waals surface area (Å²) in [5.41, 5.74) is 0. The molecular formula is C6H10ClI2NaO4. The molecule has 0 aliphatic carbocycles. The zero-order valence-electron chi connectivity index (χ0n) is 8.18. The van der Waals surface area contributed by atoms with Gasteiger partial charge in [-0.25, -0.2) is 0 Å². The number of rotatable bonds is 2. The van der Waals surface area contributed by atoms with Gasteiger partial charge in [-0.1, -0.05) is 11.6 Å². The van der Waals surface area contributed by atoms with E-state index in [1.54, 1.807) is 0 Å². The van der Waals surface area contributed by atoms with Crippen LogP contribution < -0.4 is 53.5 Å². The van der Waals surface area contributed by atoms with Gasteiger partial charge in [0, 0.05) is 13.8 Å². The number of hydrogen-bond acceptors (Lipinski definition) is 4. The molecule has 0 aromatic rings. The minimum atomic E-state index is -0.343. The van der Waals surface area contributed by atoms with Gasteiger partial charge in [-0.05, 0) is 22.6 Å². The minimum Gasteiger partial charge on any atom is -1.00 e. The van der Waals surface area contributed by atoms with Gasteiger partial charge < -0.3 is 33.5 Å². The molecule has 0 N–H and O–H groups in total. The summed E-state index contributed by atoms with van der Waals surface area (Å²) in [4.78, 5) is 19.6. The summed E-state index contributed by atoms with van der Waals surface area (Å²) in [5, 5.41) is 0. The average molecular weight is 458 g/mol. The SMILES string of the molecule is CC(=O)OCCl.CC(=O)OCI.[I-].[Na+]. The summed E-state index contributed by atoms with van der Waals surface area (Å²) in [6.07, 6.45) is 0. The predicted molar refractivity (Wildman–Crippen MR) is 53.1 cm³/mol. The molecule has 0 unspecified atom stereocenters. The zero-order valence-corrected chi connectivity index (χ0v) is 15.3. The summed E-state index contributed by atoms with van der Waals surface area (Å²) < 4.78 is 9.01. The fourth-order valence-electron chi connectivity index (χ4n) is 0.154. The van der Waals surface area contributed by atoms with Crippen molar-refractivity contribution in [2.24, 2.45) is 0 Å². The number of ether oxygens (including phenoxy) is 2. The van der Waals surface area contributed by atoms with Crippen LogP contribution in [0.25, 0.3) is 0 Å². The van der Waals surface area contributed by atoms with Crippen LogP contribution in [0.3, 0.4) is 0 Å². The first-order chi connectivity index (χ1) is 5.54. The summed E-state index contributed by atoms with van der Waals surface area (Å²) in [6, 6.07) is -0.0463. The third kappa shape index (κ3) is 37.3. The molecule has 0 bridgehead atoms. The number of carbonyl (C=O) groups is 2. The Bertz CT molecular complexity index is 132. The Morgan fingerprint density at radius 3 is 1.57 bits per heavy atom. The molecule has 0 saturated heterocycles. The number of alkyl halides is 2. The Morgan fingerprint density at radius 2 is 1.57 bits per heavy atom. The zero-order chi connectivity index (χ0) is 9.98. The quantitative estimate of drug-likeness (QED) is 0.182. The molecule has 0 radical (unpaired) electrons. The predicted octanol–water partition coefficient (Wildman–Crippen LogP) is -4.30. The van der Waals surface area contributed by atoms with Crippen LogP contribution >= 0.6 is 34.2 Å². The largest absolute Gasteiger partial charge is 1.00 e. The van der Waals surface area contributed by atoms with E-state index >= 15 is 0 Å². The van der Waals surface area contributed by atoms with Crippen LogP contribution in [0, 0.1) is 0 Å². The fraction of sp³-hybridized carbons (Fsp3) is 0.667. The Kier molecular flexibility index (Phi) is 35.7. The molecule has 8 heteroatoms. The van der Waals surface area contributed by atoms with E-state index in [1.165, 1.54) is 13.8 Å². The molecule has 0 rings (SSSR count). The van der Waals surface area contributed by atoms with Crippen molar-refractivity contribution >= 4 is 46.1 Å². The molecule has 0 aliphatic heterocycles. The maximum absolute atomic E-state index is 9.82. The molecule has 0 heterocycles. The first-order valence-corrected chi connectivity index (χ1v) is 4.99. The fourth-order valence-corrected chi connectivity index (χ4v) is 0.746. The Balaban J connectivity index is -0.0000000625. The van der Waals surface area contributed by atoms with Crippen molar-refractivity contribution in [1.29, 1.82) is 0 Å². The Hall–Kier alpha value is 1.69. The van der Waals surface area contributed by atoms with Crippen molar-refractivity contribution in [1.82, 2.24) is 0 Å². The number of carbonyl (C=O) groups excluding carboxylic acids is 2. The van der Waals surface area contributed by atoms with E-state index in [1.807, 2.05) is 22.6 Å². The molecule has 0 fully saturated rings. The van der Waals surface area contributed by atoms with Crippen molar-refractivity contribution in [3.05, 3.63) is 0 Å². The van der Waals surface area contributed by atoms with E-state index in [4.69, 9.17) is 11.6 Å². The molecule has 0 saturated carbocycles. The van der Waals surface area contributed by atoms with Crippen LogP contribution in [0.2, 0.25) is 0 Å². The monoisotopic (exact) mass is 458 g/mol. The Labute approximate surface area is 141 Å². The molecular weight excluding hydrogens is 448 g/mol. The van der Waals surface area contributed by atoms with Crippen molar-refractivity contribution in [2.45, 2.75) is 13.8 Å². The summed E-state index contributed by atoms with van der Waals surface area (Å²) >= 11 is 6.91. The third-order valence-electron chi connectivity index (χ3n) is 0.516. The van der Waals surface area contributed by atoms with Crippen molar-refractivity contribution < 1.29 is 72.6 Å². The van der Waals surface area contributed by atoms with Crippen LogP contribution in [0.4, 0.5) is 0 Å². The molecule has 4 nitrogen and oxygen atoms in total. The van der Waals surface area contributed by atoms with Crippen molar-refractivity contribution in [2.75, 3.05) is 10.7 Å². The van der Waals surface area contributed by atoms with Crippen LogP contribution in [-0.2, 0) is 19.1 Å². The molecule has 80 valence electrons.